The van der Waals surface area contributed by atoms with Gasteiger partial charge in [-0.05, 0) is 31.7 Å². The van der Waals surface area contributed by atoms with E-state index in [0.29, 0.717) is 19.4 Å². The SMILES string of the molecule is CNS(=O)(=O)c1cc(C(=O)OCC(=O)N2CCCC2=O)ccc1OC. The summed E-state index contributed by atoms with van der Waals surface area (Å²) in [6.07, 6.45) is 0.881. The van der Waals surface area contributed by atoms with E-state index < -0.39 is 28.5 Å². The number of hydrogen-bond donors (Lipinski definition) is 1. The minimum Gasteiger partial charge on any atom is -0.495 e. The number of esters is 1. The summed E-state index contributed by atoms with van der Waals surface area (Å²) in [5.41, 5.74) is -0.0600. The summed E-state index contributed by atoms with van der Waals surface area (Å²) in [7, 11) is -1.32. The van der Waals surface area contributed by atoms with Crippen molar-refractivity contribution in [2.45, 2.75) is 17.7 Å². The number of imide groups is 1. The number of rotatable bonds is 6. The van der Waals surface area contributed by atoms with Gasteiger partial charge in [0, 0.05) is 13.0 Å². The van der Waals surface area contributed by atoms with Crippen molar-refractivity contribution in [3.05, 3.63) is 23.8 Å². The fourth-order valence-electron chi connectivity index (χ4n) is 2.32. The number of carbonyl (C=O) groups is 3. The van der Waals surface area contributed by atoms with Gasteiger partial charge in [0.2, 0.25) is 15.9 Å². The summed E-state index contributed by atoms with van der Waals surface area (Å²) in [5.74, 6) is -1.72. The van der Waals surface area contributed by atoms with Crippen LogP contribution in [0.3, 0.4) is 0 Å². The highest BCUT2D eigenvalue weighted by molar-refractivity contribution is 7.89. The minimum atomic E-state index is -3.85. The van der Waals surface area contributed by atoms with Crippen molar-refractivity contribution in [1.29, 1.82) is 0 Å². The van der Waals surface area contributed by atoms with Crippen molar-refractivity contribution in [2.24, 2.45) is 0 Å². The molecular weight excluding hydrogens is 352 g/mol. The van der Waals surface area contributed by atoms with Crippen LogP contribution in [0.25, 0.3) is 0 Å². The van der Waals surface area contributed by atoms with E-state index in [1.165, 1.54) is 26.3 Å². The van der Waals surface area contributed by atoms with E-state index in [1.54, 1.807) is 0 Å². The van der Waals surface area contributed by atoms with Gasteiger partial charge in [-0.1, -0.05) is 0 Å². The van der Waals surface area contributed by atoms with E-state index in [9.17, 15) is 22.8 Å². The highest BCUT2D eigenvalue weighted by atomic mass is 32.2. The van der Waals surface area contributed by atoms with Crippen LogP contribution in [0.5, 0.6) is 5.75 Å². The second kappa shape index (κ2) is 7.62. The number of benzene rings is 1. The van der Waals surface area contributed by atoms with Gasteiger partial charge in [0.05, 0.1) is 12.7 Å². The number of nitrogens with zero attached hydrogens (tertiary/aromatic N) is 1. The van der Waals surface area contributed by atoms with Crippen LogP contribution in [-0.2, 0) is 24.3 Å². The number of carbonyl (C=O) groups excluding carboxylic acids is 3. The van der Waals surface area contributed by atoms with Gasteiger partial charge in [-0.25, -0.2) is 17.9 Å². The smallest absolute Gasteiger partial charge is 0.338 e. The van der Waals surface area contributed by atoms with Gasteiger partial charge in [-0.2, -0.15) is 0 Å². The normalized spacial score (nSPS) is 14.5. The summed E-state index contributed by atoms with van der Waals surface area (Å²) >= 11 is 0. The van der Waals surface area contributed by atoms with Gasteiger partial charge in [-0.15, -0.1) is 0 Å². The maximum Gasteiger partial charge on any atom is 0.338 e. The molecular formula is C15H18N2O7S. The number of methoxy groups -OCH3 is 1. The molecule has 2 amide bonds. The lowest BCUT2D eigenvalue weighted by molar-refractivity contribution is -0.143. The molecule has 1 aromatic rings. The van der Waals surface area contributed by atoms with Crippen molar-refractivity contribution in [3.8, 4) is 5.75 Å². The van der Waals surface area contributed by atoms with E-state index >= 15 is 0 Å². The molecule has 1 heterocycles. The van der Waals surface area contributed by atoms with E-state index in [4.69, 9.17) is 9.47 Å². The van der Waals surface area contributed by atoms with Crippen LogP contribution < -0.4 is 9.46 Å². The van der Waals surface area contributed by atoms with Gasteiger partial charge in [0.15, 0.2) is 6.61 Å². The lowest BCUT2D eigenvalue weighted by Crippen LogP contribution is -2.35. The molecule has 0 unspecified atom stereocenters. The van der Waals surface area contributed by atoms with Crippen molar-refractivity contribution >= 4 is 27.8 Å². The summed E-state index contributed by atoms with van der Waals surface area (Å²) < 4.78 is 36.0. The zero-order valence-corrected chi connectivity index (χ0v) is 14.6. The Morgan fingerprint density at radius 2 is 2.04 bits per heavy atom. The molecule has 0 aromatic heterocycles. The first-order valence-corrected chi connectivity index (χ1v) is 8.90. The Bertz CT molecular complexity index is 804. The quantitative estimate of drug-likeness (QED) is 0.695. The molecule has 1 N–H and O–H groups in total. The summed E-state index contributed by atoms with van der Waals surface area (Å²) in [5, 5.41) is 0. The van der Waals surface area contributed by atoms with Crippen molar-refractivity contribution in [3.63, 3.8) is 0 Å². The maximum atomic E-state index is 12.1. The molecule has 9 nitrogen and oxygen atoms in total. The Kier molecular flexibility index (Phi) is 5.75. The largest absolute Gasteiger partial charge is 0.495 e. The highest BCUT2D eigenvalue weighted by Crippen LogP contribution is 2.25. The van der Waals surface area contributed by atoms with Crippen LogP contribution in [0.1, 0.15) is 23.2 Å². The topological polar surface area (TPSA) is 119 Å². The monoisotopic (exact) mass is 370 g/mol. The predicted octanol–water partition coefficient (Wildman–Crippen LogP) is -0.0909. The van der Waals surface area contributed by atoms with Crippen molar-refractivity contribution in [1.82, 2.24) is 9.62 Å². The van der Waals surface area contributed by atoms with Crippen LogP contribution in [0.15, 0.2) is 23.1 Å². The van der Waals surface area contributed by atoms with Gasteiger partial charge in [0.25, 0.3) is 5.91 Å². The average molecular weight is 370 g/mol. The van der Waals surface area contributed by atoms with Crippen molar-refractivity contribution < 1.29 is 32.3 Å². The fourth-order valence-corrected chi connectivity index (χ4v) is 3.24. The first kappa shape index (κ1) is 18.9. The summed E-state index contributed by atoms with van der Waals surface area (Å²) in [6, 6.07) is 3.73. The Labute approximate surface area is 144 Å². The zero-order valence-electron chi connectivity index (χ0n) is 13.8. The minimum absolute atomic E-state index is 0.0599. The first-order chi connectivity index (χ1) is 11.8. The van der Waals surface area contributed by atoms with Crippen LogP contribution >= 0.6 is 0 Å². The molecule has 1 saturated heterocycles. The van der Waals surface area contributed by atoms with E-state index in [-0.39, 0.29) is 22.1 Å². The summed E-state index contributed by atoms with van der Waals surface area (Å²) in [4.78, 5) is 36.2. The molecule has 25 heavy (non-hydrogen) atoms. The third-order valence-corrected chi connectivity index (χ3v) is 5.09. The van der Waals surface area contributed by atoms with Crippen LogP contribution in [0.2, 0.25) is 0 Å². The molecule has 0 spiro atoms. The Balaban J connectivity index is 2.13. The van der Waals surface area contributed by atoms with Gasteiger partial charge >= 0.3 is 5.97 Å². The highest BCUT2D eigenvalue weighted by Gasteiger charge is 2.27. The lowest BCUT2D eigenvalue weighted by atomic mass is 10.2. The third-order valence-electron chi connectivity index (χ3n) is 3.66. The molecule has 0 atom stereocenters. The molecule has 0 radical (unpaired) electrons. The first-order valence-electron chi connectivity index (χ1n) is 7.42. The second-order valence-electron chi connectivity index (χ2n) is 5.19. The molecule has 1 aromatic carbocycles. The maximum absolute atomic E-state index is 12.1. The number of sulfonamides is 1. The molecule has 0 aliphatic carbocycles. The fraction of sp³-hybridized carbons (Fsp3) is 0.400. The average Bonchev–Trinajstić information content (AvgIpc) is 3.04. The standard InChI is InChI=1S/C15H18N2O7S/c1-16-25(21,22)12-8-10(5-6-11(12)23-2)15(20)24-9-14(19)17-7-3-4-13(17)18/h5-6,8,16H,3-4,7,9H2,1-2H3. The molecule has 1 aliphatic heterocycles. The number of amides is 2. The number of ether oxygens (including phenoxy) is 2. The zero-order chi connectivity index (χ0) is 18.6. The van der Waals surface area contributed by atoms with E-state index in [1.807, 2.05) is 0 Å². The molecule has 1 fully saturated rings. The molecule has 1 aliphatic rings. The van der Waals surface area contributed by atoms with Crippen LogP contribution in [0, 0.1) is 0 Å². The number of hydrogen-bond acceptors (Lipinski definition) is 7. The van der Waals surface area contributed by atoms with Crippen LogP contribution in [0.4, 0.5) is 0 Å². The molecule has 0 saturated carbocycles. The van der Waals surface area contributed by atoms with Crippen molar-refractivity contribution in [2.75, 3.05) is 27.3 Å². The Morgan fingerprint density at radius 3 is 2.60 bits per heavy atom. The van der Waals surface area contributed by atoms with Gasteiger partial charge in [-0.3, -0.25) is 14.5 Å². The number of nitrogens with one attached hydrogen (secondary N) is 1. The molecule has 136 valence electrons. The predicted molar refractivity (Wildman–Crippen MR) is 85.5 cm³/mol. The molecule has 2 rings (SSSR count). The number of likely N-dealkylation sites (tertiary alicyclic amines) is 1. The van der Waals surface area contributed by atoms with E-state index in [2.05, 4.69) is 4.72 Å². The lowest BCUT2D eigenvalue weighted by Gasteiger charge is -2.14. The second-order valence-corrected chi connectivity index (χ2v) is 7.05. The van der Waals surface area contributed by atoms with Gasteiger partial charge in [0.1, 0.15) is 10.6 Å². The molecule has 0 bridgehead atoms. The Hall–Kier alpha value is -2.46. The Morgan fingerprint density at radius 1 is 1.32 bits per heavy atom. The summed E-state index contributed by atoms with van der Waals surface area (Å²) in [6.45, 7) is -0.285. The third kappa shape index (κ3) is 4.15. The van der Waals surface area contributed by atoms with Crippen LogP contribution in [-0.4, -0.2) is 58.4 Å². The van der Waals surface area contributed by atoms with Gasteiger partial charge < -0.3 is 9.47 Å². The van der Waals surface area contributed by atoms with E-state index in [0.717, 1.165) is 11.0 Å². The molecule has 10 heteroatoms.